The normalized spacial score (nSPS) is 9.36. The van der Waals surface area contributed by atoms with Crippen molar-refractivity contribution in [1.29, 1.82) is 0 Å². The average molecular weight is 401 g/mol. The molecule has 0 heterocycles. The minimum absolute atomic E-state index is 0.190. The molecule has 0 atom stereocenters. The molecule has 0 saturated heterocycles. The van der Waals surface area contributed by atoms with E-state index in [-0.39, 0.29) is 11.1 Å². The number of hydrogen-bond donors (Lipinski definition) is 3. The lowest BCUT2D eigenvalue weighted by molar-refractivity contribution is 0.0651. The molecule has 0 bridgehead atoms. The maximum atomic E-state index is 10.5. The molecule has 0 saturated carbocycles. The predicted molar refractivity (Wildman–Crippen MR) is 115 cm³/mol. The van der Waals surface area contributed by atoms with Gasteiger partial charge in [-0.2, -0.15) is 0 Å². The number of carboxylic acids is 2. The van der Waals surface area contributed by atoms with Crippen LogP contribution in [0.5, 0.6) is 0 Å². The monoisotopic (exact) mass is 400 g/mol. The largest absolute Gasteiger partial charge is 0.478 e. The van der Waals surface area contributed by atoms with Crippen LogP contribution < -0.4 is 0 Å². The number of aliphatic hydroxyl groups excluding tert-OH is 1. The first kappa shape index (κ1) is 30.8. The summed E-state index contributed by atoms with van der Waals surface area (Å²) in [6, 6.07) is 5.48. The van der Waals surface area contributed by atoms with E-state index in [4.69, 9.17) is 15.3 Å². The zero-order valence-electron chi connectivity index (χ0n) is 18.6. The Bertz CT molecular complexity index is 445. The topological polar surface area (TPSA) is 101 Å². The van der Waals surface area contributed by atoms with Crippen molar-refractivity contribution in [3.8, 4) is 0 Å². The molecular weight excluding hydrogens is 360 g/mol. The van der Waals surface area contributed by atoms with Crippen LogP contribution in [-0.2, 0) is 0 Å². The Hall–Kier alpha value is -1.96. The lowest BCUT2D eigenvalue weighted by Crippen LogP contribution is -2.21. The summed E-state index contributed by atoms with van der Waals surface area (Å²) in [5.41, 5.74) is -0.380. The summed E-state index contributed by atoms with van der Waals surface area (Å²) in [7, 11) is 1.00. The highest BCUT2D eigenvalue weighted by molar-refractivity contribution is 6.01. The Balaban J connectivity index is -0.000000340. The van der Waals surface area contributed by atoms with Gasteiger partial charge in [-0.3, -0.25) is 0 Å². The van der Waals surface area contributed by atoms with Crippen LogP contribution >= 0.6 is 0 Å². The van der Waals surface area contributed by atoms with Gasteiger partial charge in [0.15, 0.2) is 0 Å². The SMILES string of the molecule is CCN(CC)CC.CCN(CC)CC.CO.O=C(O)c1ccccc1C(=O)O. The molecule has 1 aromatic carbocycles. The molecule has 28 heavy (non-hydrogen) atoms. The zero-order valence-corrected chi connectivity index (χ0v) is 18.6. The third kappa shape index (κ3) is 15.1. The first-order valence-corrected chi connectivity index (χ1v) is 9.77. The molecular formula is C21H40N2O5. The fraction of sp³-hybridized carbons (Fsp3) is 0.619. The molecule has 0 aliphatic heterocycles. The Labute approximate surface area is 170 Å². The van der Waals surface area contributed by atoms with E-state index >= 15 is 0 Å². The van der Waals surface area contributed by atoms with Gasteiger partial charge in [-0.1, -0.05) is 53.7 Å². The molecule has 7 nitrogen and oxygen atoms in total. The maximum Gasteiger partial charge on any atom is 0.336 e. The molecule has 0 radical (unpaired) electrons. The number of nitrogens with zero attached hydrogens (tertiary/aromatic N) is 2. The fourth-order valence-electron chi connectivity index (χ4n) is 2.20. The van der Waals surface area contributed by atoms with Crippen molar-refractivity contribution in [3.63, 3.8) is 0 Å². The smallest absolute Gasteiger partial charge is 0.336 e. The second-order valence-corrected chi connectivity index (χ2v) is 5.39. The van der Waals surface area contributed by atoms with E-state index in [9.17, 15) is 9.59 Å². The van der Waals surface area contributed by atoms with Gasteiger partial charge >= 0.3 is 11.9 Å². The number of carboxylic acid groups (broad SMARTS) is 2. The zero-order chi connectivity index (χ0) is 22.5. The fourth-order valence-corrected chi connectivity index (χ4v) is 2.20. The third-order valence-electron chi connectivity index (χ3n) is 4.07. The average Bonchev–Trinajstić information content (AvgIpc) is 2.73. The third-order valence-corrected chi connectivity index (χ3v) is 4.07. The molecule has 0 spiro atoms. The summed E-state index contributed by atoms with van der Waals surface area (Å²) in [5.74, 6) is -2.46. The van der Waals surface area contributed by atoms with Crippen molar-refractivity contribution >= 4 is 11.9 Å². The summed E-state index contributed by atoms with van der Waals surface area (Å²) in [6.07, 6.45) is 0. The summed E-state index contributed by atoms with van der Waals surface area (Å²) >= 11 is 0. The maximum absolute atomic E-state index is 10.5. The van der Waals surface area contributed by atoms with E-state index in [0.717, 1.165) is 7.11 Å². The number of carbonyl (C=O) groups is 2. The first-order valence-electron chi connectivity index (χ1n) is 9.77. The standard InChI is InChI=1S/C8H6O4.2C6H15N.CH4O/c9-7(10)5-3-1-2-4-6(5)8(11)12;2*1-4-7(5-2)6-3;1-2/h1-4H,(H,9,10)(H,11,12);2*4-6H2,1-3H3;2H,1H3. The minimum Gasteiger partial charge on any atom is -0.478 e. The Morgan fingerprint density at radius 2 is 0.857 bits per heavy atom. The van der Waals surface area contributed by atoms with Crippen molar-refractivity contribution in [3.05, 3.63) is 35.4 Å². The van der Waals surface area contributed by atoms with Crippen molar-refractivity contribution in [1.82, 2.24) is 9.80 Å². The first-order chi connectivity index (χ1) is 13.3. The van der Waals surface area contributed by atoms with E-state index in [1.807, 2.05) is 0 Å². The van der Waals surface area contributed by atoms with Gasteiger partial charge < -0.3 is 25.1 Å². The highest BCUT2D eigenvalue weighted by Crippen LogP contribution is 2.07. The van der Waals surface area contributed by atoms with Crippen LogP contribution in [0, 0.1) is 0 Å². The molecule has 0 fully saturated rings. The second kappa shape index (κ2) is 21.3. The Morgan fingerprint density at radius 3 is 0.964 bits per heavy atom. The van der Waals surface area contributed by atoms with Crippen LogP contribution in [0.2, 0.25) is 0 Å². The van der Waals surface area contributed by atoms with Crippen LogP contribution in [0.4, 0.5) is 0 Å². The van der Waals surface area contributed by atoms with Gasteiger partial charge in [0.25, 0.3) is 0 Å². The summed E-state index contributed by atoms with van der Waals surface area (Å²) < 4.78 is 0. The molecule has 1 aromatic rings. The quantitative estimate of drug-likeness (QED) is 0.615. The van der Waals surface area contributed by atoms with Crippen molar-refractivity contribution < 1.29 is 24.9 Å². The van der Waals surface area contributed by atoms with Crippen LogP contribution in [-0.4, -0.2) is 83.4 Å². The second-order valence-electron chi connectivity index (χ2n) is 5.39. The predicted octanol–water partition coefficient (Wildman–Crippen LogP) is 3.39. The molecule has 3 N–H and O–H groups in total. The van der Waals surface area contributed by atoms with Crippen molar-refractivity contribution in [2.24, 2.45) is 0 Å². The van der Waals surface area contributed by atoms with Gasteiger partial charge in [-0.25, -0.2) is 9.59 Å². The molecule has 0 unspecified atom stereocenters. The minimum atomic E-state index is -1.23. The van der Waals surface area contributed by atoms with Gasteiger partial charge in [-0.15, -0.1) is 0 Å². The van der Waals surface area contributed by atoms with E-state index < -0.39 is 11.9 Å². The molecule has 0 aliphatic rings. The van der Waals surface area contributed by atoms with Gasteiger partial charge in [0.05, 0.1) is 11.1 Å². The molecule has 0 aliphatic carbocycles. The van der Waals surface area contributed by atoms with Crippen LogP contribution in [0.1, 0.15) is 62.3 Å². The Kier molecular flexibility index (Phi) is 23.4. The number of aromatic carboxylic acids is 2. The lowest BCUT2D eigenvalue weighted by atomic mass is 10.1. The molecule has 1 rings (SSSR count). The van der Waals surface area contributed by atoms with Gasteiger partial charge in [0.2, 0.25) is 0 Å². The van der Waals surface area contributed by atoms with Crippen molar-refractivity contribution in [2.45, 2.75) is 41.5 Å². The summed E-state index contributed by atoms with van der Waals surface area (Å²) in [4.78, 5) is 25.7. The van der Waals surface area contributed by atoms with Crippen LogP contribution in [0.3, 0.4) is 0 Å². The van der Waals surface area contributed by atoms with Crippen molar-refractivity contribution in [2.75, 3.05) is 46.4 Å². The lowest BCUT2D eigenvalue weighted by Gasteiger charge is -2.13. The number of aliphatic hydroxyl groups is 1. The van der Waals surface area contributed by atoms with Gasteiger partial charge in [-0.05, 0) is 51.4 Å². The number of benzene rings is 1. The summed E-state index contributed by atoms with van der Waals surface area (Å²) in [6.45, 7) is 20.2. The van der Waals surface area contributed by atoms with Gasteiger partial charge in [0.1, 0.15) is 0 Å². The molecule has 0 amide bonds. The van der Waals surface area contributed by atoms with Gasteiger partial charge in [0, 0.05) is 7.11 Å². The van der Waals surface area contributed by atoms with E-state index in [1.54, 1.807) is 0 Å². The van der Waals surface area contributed by atoms with Crippen LogP contribution in [0.15, 0.2) is 24.3 Å². The molecule has 0 aromatic heterocycles. The van der Waals surface area contributed by atoms with E-state index in [0.29, 0.717) is 0 Å². The number of rotatable bonds is 8. The molecule has 7 heteroatoms. The summed E-state index contributed by atoms with van der Waals surface area (Å²) in [5, 5.41) is 24.1. The number of hydrogen-bond acceptors (Lipinski definition) is 5. The van der Waals surface area contributed by atoms with E-state index in [2.05, 4.69) is 51.3 Å². The van der Waals surface area contributed by atoms with E-state index in [1.165, 1.54) is 63.5 Å². The molecule has 164 valence electrons. The Morgan fingerprint density at radius 1 is 0.643 bits per heavy atom. The highest BCUT2D eigenvalue weighted by Gasteiger charge is 2.13. The highest BCUT2D eigenvalue weighted by atomic mass is 16.4. The van der Waals surface area contributed by atoms with Crippen LogP contribution in [0.25, 0.3) is 0 Å².